The van der Waals surface area contributed by atoms with Gasteiger partial charge in [0, 0.05) is 6.07 Å². The maximum Gasteiger partial charge on any atom is 0.126 e. The average molecular weight is 278 g/mol. The van der Waals surface area contributed by atoms with Crippen LogP contribution in [0.25, 0.3) is 0 Å². The minimum atomic E-state index is -0.713. The van der Waals surface area contributed by atoms with E-state index in [0.717, 1.165) is 17.9 Å². The van der Waals surface area contributed by atoms with Gasteiger partial charge in [0.15, 0.2) is 0 Å². The maximum absolute atomic E-state index is 13.4. The number of aliphatic hydroxyl groups excluding tert-OH is 1. The van der Waals surface area contributed by atoms with Crippen molar-refractivity contribution in [2.75, 3.05) is 0 Å². The molecule has 4 aliphatic carbocycles. The molecule has 4 aliphatic rings. The number of hydrogen-bond acceptors (Lipinski definition) is 1. The van der Waals surface area contributed by atoms with Crippen molar-refractivity contribution in [3.05, 3.63) is 35.4 Å². The monoisotopic (exact) mass is 278 g/mol. The van der Waals surface area contributed by atoms with Crippen molar-refractivity contribution in [1.29, 1.82) is 0 Å². The van der Waals surface area contributed by atoms with E-state index in [1.807, 2.05) is 0 Å². The van der Waals surface area contributed by atoms with E-state index in [0.29, 0.717) is 17.4 Å². The topological polar surface area (TPSA) is 20.2 Å². The molecule has 0 aliphatic heterocycles. The van der Waals surface area contributed by atoms with Crippen molar-refractivity contribution in [1.82, 2.24) is 0 Å². The second kappa shape index (κ2) is 4.52. The first-order valence-corrected chi connectivity index (χ1v) is 7.74. The SMILES string of the molecule is OC(c1cc(F)cc(F)c1)C1C2CC3CC(C2)CC1C3. The third kappa shape index (κ3) is 1.98. The van der Waals surface area contributed by atoms with Gasteiger partial charge in [-0.25, -0.2) is 8.78 Å². The Morgan fingerprint density at radius 3 is 1.85 bits per heavy atom. The van der Waals surface area contributed by atoms with Crippen molar-refractivity contribution in [2.24, 2.45) is 29.6 Å². The Morgan fingerprint density at radius 2 is 1.35 bits per heavy atom. The molecule has 1 atom stereocenters. The molecule has 0 amide bonds. The summed E-state index contributed by atoms with van der Waals surface area (Å²) in [6.07, 6.45) is 5.46. The Balaban J connectivity index is 1.63. The van der Waals surface area contributed by atoms with Gasteiger partial charge in [-0.2, -0.15) is 0 Å². The summed E-state index contributed by atoms with van der Waals surface area (Å²) in [5, 5.41) is 10.7. The lowest BCUT2D eigenvalue weighted by Crippen LogP contribution is -2.47. The number of rotatable bonds is 2. The van der Waals surface area contributed by atoms with Gasteiger partial charge in [0.05, 0.1) is 6.10 Å². The van der Waals surface area contributed by atoms with E-state index in [1.54, 1.807) is 0 Å². The second-order valence-corrected chi connectivity index (χ2v) is 7.16. The van der Waals surface area contributed by atoms with Gasteiger partial charge in [-0.05, 0) is 79.4 Å². The van der Waals surface area contributed by atoms with E-state index in [9.17, 15) is 13.9 Å². The molecule has 20 heavy (non-hydrogen) atoms. The summed E-state index contributed by atoms with van der Waals surface area (Å²) in [6.45, 7) is 0. The summed E-state index contributed by atoms with van der Waals surface area (Å²) in [4.78, 5) is 0. The molecule has 0 aromatic heterocycles. The summed E-state index contributed by atoms with van der Waals surface area (Å²) >= 11 is 0. The lowest BCUT2D eigenvalue weighted by atomic mass is 9.50. The van der Waals surface area contributed by atoms with Crippen molar-refractivity contribution < 1.29 is 13.9 Å². The van der Waals surface area contributed by atoms with Crippen LogP contribution in [0, 0.1) is 41.2 Å². The van der Waals surface area contributed by atoms with Crippen molar-refractivity contribution in [2.45, 2.75) is 38.2 Å². The Kier molecular flexibility index (Phi) is 2.88. The summed E-state index contributed by atoms with van der Waals surface area (Å²) < 4.78 is 26.7. The van der Waals surface area contributed by atoms with E-state index >= 15 is 0 Å². The fraction of sp³-hybridized carbons (Fsp3) is 0.647. The maximum atomic E-state index is 13.4. The van der Waals surface area contributed by atoms with Crippen LogP contribution in [-0.2, 0) is 0 Å². The predicted molar refractivity (Wildman–Crippen MR) is 71.9 cm³/mol. The minimum Gasteiger partial charge on any atom is -0.388 e. The minimum absolute atomic E-state index is 0.198. The van der Waals surface area contributed by atoms with Crippen LogP contribution in [0.4, 0.5) is 8.78 Å². The largest absolute Gasteiger partial charge is 0.388 e. The number of benzene rings is 1. The number of aliphatic hydroxyl groups is 1. The standard InChI is InChI=1S/C17H20F2O/c18-14-6-13(7-15(19)8-14)17(20)16-11-2-9-1-10(4-11)5-12(16)3-9/h6-12,16-17,20H,1-5H2. The molecule has 0 heterocycles. The van der Waals surface area contributed by atoms with Crippen LogP contribution in [0.2, 0.25) is 0 Å². The van der Waals surface area contributed by atoms with Crippen LogP contribution >= 0.6 is 0 Å². The summed E-state index contributed by atoms with van der Waals surface area (Å²) in [5.41, 5.74) is 0.417. The summed E-state index contributed by atoms with van der Waals surface area (Å²) in [7, 11) is 0. The fourth-order valence-electron chi connectivity index (χ4n) is 5.45. The smallest absolute Gasteiger partial charge is 0.126 e. The van der Waals surface area contributed by atoms with Gasteiger partial charge in [-0.1, -0.05) is 0 Å². The highest BCUT2D eigenvalue weighted by Gasteiger charge is 2.50. The molecule has 4 fully saturated rings. The molecular formula is C17H20F2O. The fourth-order valence-corrected chi connectivity index (χ4v) is 5.45. The van der Waals surface area contributed by atoms with Gasteiger partial charge >= 0.3 is 0 Å². The van der Waals surface area contributed by atoms with Gasteiger partial charge in [0.2, 0.25) is 0 Å². The molecule has 0 radical (unpaired) electrons. The first-order chi connectivity index (χ1) is 9.60. The third-order valence-corrected chi connectivity index (χ3v) is 5.89. The Hall–Kier alpha value is -0.960. The van der Waals surface area contributed by atoms with Crippen LogP contribution in [0.15, 0.2) is 18.2 Å². The first kappa shape index (κ1) is 12.8. The molecule has 0 saturated heterocycles. The molecule has 4 saturated carbocycles. The highest BCUT2D eigenvalue weighted by molar-refractivity contribution is 5.22. The zero-order valence-corrected chi connectivity index (χ0v) is 11.4. The van der Waals surface area contributed by atoms with E-state index in [-0.39, 0.29) is 5.92 Å². The van der Waals surface area contributed by atoms with Gasteiger partial charge in [-0.3, -0.25) is 0 Å². The molecule has 3 heteroatoms. The van der Waals surface area contributed by atoms with Crippen LogP contribution in [-0.4, -0.2) is 5.11 Å². The van der Waals surface area contributed by atoms with Crippen molar-refractivity contribution >= 4 is 0 Å². The molecule has 5 rings (SSSR count). The van der Waals surface area contributed by atoms with Crippen molar-refractivity contribution in [3.63, 3.8) is 0 Å². The summed E-state index contributed by atoms with van der Waals surface area (Å²) in [6, 6.07) is 3.45. The highest BCUT2D eigenvalue weighted by atomic mass is 19.1. The van der Waals surface area contributed by atoms with Gasteiger partial charge < -0.3 is 5.11 Å². The molecule has 1 unspecified atom stereocenters. The normalized spacial score (nSPS) is 40.0. The van der Waals surface area contributed by atoms with E-state index in [4.69, 9.17) is 0 Å². The zero-order chi connectivity index (χ0) is 13.9. The first-order valence-electron chi connectivity index (χ1n) is 7.74. The van der Waals surface area contributed by atoms with Crippen LogP contribution in [0.5, 0.6) is 0 Å². The number of hydrogen-bond donors (Lipinski definition) is 1. The third-order valence-electron chi connectivity index (χ3n) is 5.89. The van der Waals surface area contributed by atoms with E-state index in [2.05, 4.69) is 0 Å². The Morgan fingerprint density at radius 1 is 0.850 bits per heavy atom. The van der Waals surface area contributed by atoms with E-state index < -0.39 is 17.7 Å². The molecule has 1 aromatic rings. The second-order valence-electron chi connectivity index (χ2n) is 7.16. The highest BCUT2D eigenvalue weighted by Crippen LogP contribution is 2.59. The molecule has 1 nitrogen and oxygen atoms in total. The van der Waals surface area contributed by atoms with Crippen LogP contribution < -0.4 is 0 Å². The molecule has 4 bridgehead atoms. The average Bonchev–Trinajstić information content (AvgIpc) is 2.35. The lowest BCUT2D eigenvalue weighted by molar-refractivity contribution is -0.0909. The molecule has 0 spiro atoms. The predicted octanol–water partition coefficient (Wildman–Crippen LogP) is 4.07. The Labute approximate surface area is 118 Å². The quantitative estimate of drug-likeness (QED) is 0.864. The van der Waals surface area contributed by atoms with Crippen LogP contribution in [0.3, 0.4) is 0 Å². The van der Waals surface area contributed by atoms with Gasteiger partial charge in [-0.15, -0.1) is 0 Å². The lowest BCUT2D eigenvalue weighted by Gasteiger charge is -2.55. The molecule has 1 N–H and O–H groups in total. The molecule has 108 valence electrons. The van der Waals surface area contributed by atoms with Crippen LogP contribution in [0.1, 0.15) is 43.8 Å². The van der Waals surface area contributed by atoms with E-state index in [1.165, 1.54) is 44.2 Å². The van der Waals surface area contributed by atoms with Gasteiger partial charge in [0.25, 0.3) is 0 Å². The molecule has 1 aromatic carbocycles. The zero-order valence-electron chi connectivity index (χ0n) is 11.4. The van der Waals surface area contributed by atoms with Crippen molar-refractivity contribution in [3.8, 4) is 0 Å². The number of halogens is 2. The molecular weight excluding hydrogens is 258 g/mol. The summed E-state index contributed by atoms with van der Waals surface area (Å²) in [5.74, 6) is 1.78. The Bertz CT molecular complexity index is 479. The van der Waals surface area contributed by atoms with Gasteiger partial charge in [0.1, 0.15) is 11.6 Å².